The van der Waals surface area contributed by atoms with E-state index < -0.39 is 0 Å². The highest BCUT2D eigenvalue weighted by Crippen LogP contribution is 2.34. The number of nitrogens with zero attached hydrogens (tertiary/aromatic N) is 1. The maximum atomic E-state index is 12.1. The quantitative estimate of drug-likeness (QED) is 0.892. The average Bonchev–Trinajstić information content (AvgIpc) is 2.94. The van der Waals surface area contributed by atoms with Crippen LogP contribution in [0.2, 0.25) is 0 Å². The standard InChI is InChI=1S/C13H20N2OS/c1-10(2)14-9-13(16)15-7-3-5-11(15)12-6-4-8-17-12/h4,6,8,10-11,14H,3,5,7,9H2,1-2H3. The van der Waals surface area contributed by atoms with Crippen LogP contribution in [0.5, 0.6) is 0 Å². The summed E-state index contributed by atoms with van der Waals surface area (Å²) in [5, 5.41) is 5.29. The molecule has 1 aromatic heterocycles. The molecule has 0 bridgehead atoms. The first kappa shape index (κ1) is 12.6. The normalized spacial score (nSPS) is 20.2. The van der Waals surface area contributed by atoms with Crippen molar-refractivity contribution in [3.8, 4) is 0 Å². The summed E-state index contributed by atoms with van der Waals surface area (Å²) >= 11 is 1.75. The summed E-state index contributed by atoms with van der Waals surface area (Å²) in [6, 6.07) is 4.88. The molecule has 4 heteroatoms. The molecule has 3 nitrogen and oxygen atoms in total. The highest BCUT2D eigenvalue weighted by molar-refractivity contribution is 7.10. The van der Waals surface area contributed by atoms with Gasteiger partial charge in [-0.25, -0.2) is 0 Å². The molecule has 1 aliphatic heterocycles. The van der Waals surface area contributed by atoms with Crippen LogP contribution in [0.4, 0.5) is 0 Å². The molecule has 0 saturated carbocycles. The van der Waals surface area contributed by atoms with E-state index in [9.17, 15) is 4.79 Å². The number of hydrogen-bond donors (Lipinski definition) is 1. The smallest absolute Gasteiger partial charge is 0.237 e. The minimum atomic E-state index is 0.231. The minimum absolute atomic E-state index is 0.231. The molecule has 1 saturated heterocycles. The second-order valence-electron chi connectivity index (χ2n) is 4.80. The molecule has 2 heterocycles. The summed E-state index contributed by atoms with van der Waals surface area (Å²) in [6.07, 6.45) is 2.23. The van der Waals surface area contributed by atoms with E-state index in [4.69, 9.17) is 0 Å². The summed E-state index contributed by atoms with van der Waals surface area (Å²) < 4.78 is 0. The van der Waals surface area contributed by atoms with Gasteiger partial charge in [-0.15, -0.1) is 11.3 Å². The number of thiophene rings is 1. The molecule has 1 aliphatic rings. The van der Waals surface area contributed by atoms with Crippen LogP contribution < -0.4 is 5.32 Å². The first-order valence-corrected chi connectivity index (χ1v) is 7.12. The number of amides is 1. The lowest BCUT2D eigenvalue weighted by Gasteiger charge is -2.24. The van der Waals surface area contributed by atoms with Gasteiger partial charge >= 0.3 is 0 Å². The molecular formula is C13H20N2OS. The zero-order chi connectivity index (χ0) is 12.3. The van der Waals surface area contributed by atoms with Crippen LogP contribution >= 0.6 is 11.3 Å². The molecular weight excluding hydrogens is 232 g/mol. The molecule has 1 unspecified atom stereocenters. The fourth-order valence-corrected chi connectivity index (χ4v) is 3.11. The first-order chi connectivity index (χ1) is 8.18. The number of carbonyl (C=O) groups excluding carboxylic acids is 1. The molecule has 1 N–H and O–H groups in total. The lowest BCUT2D eigenvalue weighted by molar-refractivity contribution is -0.131. The first-order valence-electron chi connectivity index (χ1n) is 6.24. The van der Waals surface area contributed by atoms with Gasteiger partial charge in [0.25, 0.3) is 0 Å². The molecule has 1 atom stereocenters. The molecule has 1 fully saturated rings. The molecule has 0 radical (unpaired) electrons. The molecule has 0 aromatic carbocycles. The van der Waals surface area contributed by atoms with E-state index in [1.165, 1.54) is 4.88 Å². The molecule has 0 spiro atoms. The predicted molar refractivity (Wildman–Crippen MR) is 71.1 cm³/mol. The van der Waals surface area contributed by atoms with Gasteiger partial charge in [-0.05, 0) is 24.3 Å². The van der Waals surface area contributed by atoms with E-state index in [0.29, 0.717) is 18.6 Å². The van der Waals surface area contributed by atoms with E-state index in [1.54, 1.807) is 11.3 Å². The summed E-state index contributed by atoms with van der Waals surface area (Å²) in [6.45, 7) is 5.49. The Labute approximate surface area is 107 Å². The number of likely N-dealkylation sites (tertiary alicyclic amines) is 1. The van der Waals surface area contributed by atoms with E-state index in [-0.39, 0.29) is 5.91 Å². The van der Waals surface area contributed by atoms with Crippen molar-refractivity contribution >= 4 is 17.2 Å². The third kappa shape index (κ3) is 3.07. The van der Waals surface area contributed by atoms with E-state index in [2.05, 4.69) is 36.7 Å². The average molecular weight is 252 g/mol. The van der Waals surface area contributed by atoms with E-state index in [0.717, 1.165) is 19.4 Å². The Bertz CT molecular complexity index is 362. The summed E-state index contributed by atoms with van der Waals surface area (Å²) in [4.78, 5) is 15.5. The number of nitrogens with one attached hydrogen (secondary N) is 1. The van der Waals surface area contributed by atoms with Gasteiger partial charge in [0.2, 0.25) is 5.91 Å². The van der Waals surface area contributed by atoms with Crippen LogP contribution in [-0.2, 0) is 4.79 Å². The fraction of sp³-hybridized carbons (Fsp3) is 0.615. The van der Waals surface area contributed by atoms with Gasteiger partial charge in [-0.3, -0.25) is 4.79 Å². The highest BCUT2D eigenvalue weighted by atomic mass is 32.1. The molecule has 0 aliphatic carbocycles. The van der Waals surface area contributed by atoms with Crippen LogP contribution in [0, 0.1) is 0 Å². The second-order valence-corrected chi connectivity index (χ2v) is 5.78. The van der Waals surface area contributed by atoms with Crippen LogP contribution in [0.15, 0.2) is 17.5 Å². The van der Waals surface area contributed by atoms with Gasteiger partial charge in [-0.2, -0.15) is 0 Å². The molecule has 1 amide bonds. The third-order valence-electron chi connectivity index (χ3n) is 3.11. The summed E-state index contributed by atoms with van der Waals surface area (Å²) in [5.41, 5.74) is 0. The van der Waals surface area contributed by atoms with Gasteiger partial charge in [0.1, 0.15) is 0 Å². The lowest BCUT2D eigenvalue weighted by atomic mass is 10.2. The van der Waals surface area contributed by atoms with Crippen LogP contribution in [0.25, 0.3) is 0 Å². The predicted octanol–water partition coefficient (Wildman–Crippen LogP) is 2.41. The van der Waals surface area contributed by atoms with E-state index >= 15 is 0 Å². The largest absolute Gasteiger partial charge is 0.334 e. The SMILES string of the molecule is CC(C)NCC(=O)N1CCCC1c1cccs1. The van der Waals surface area contributed by atoms with E-state index in [1.807, 2.05) is 4.90 Å². The van der Waals surface area contributed by atoms with Crippen LogP contribution in [-0.4, -0.2) is 29.9 Å². The summed E-state index contributed by atoms with van der Waals surface area (Å²) in [5.74, 6) is 0.231. The lowest BCUT2D eigenvalue weighted by Crippen LogP contribution is -2.39. The van der Waals surface area contributed by atoms with Gasteiger partial charge in [0, 0.05) is 17.5 Å². The topological polar surface area (TPSA) is 32.3 Å². The zero-order valence-corrected chi connectivity index (χ0v) is 11.3. The Hall–Kier alpha value is -0.870. The maximum Gasteiger partial charge on any atom is 0.237 e. The van der Waals surface area contributed by atoms with Gasteiger partial charge < -0.3 is 10.2 Å². The van der Waals surface area contributed by atoms with Crippen molar-refractivity contribution in [2.24, 2.45) is 0 Å². The molecule has 1 aromatic rings. The van der Waals surface area contributed by atoms with Crippen LogP contribution in [0.1, 0.15) is 37.6 Å². The van der Waals surface area contributed by atoms with Crippen LogP contribution in [0.3, 0.4) is 0 Å². The minimum Gasteiger partial charge on any atom is -0.334 e. The molecule has 17 heavy (non-hydrogen) atoms. The van der Waals surface area contributed by atoms with Crippen molar-refractivity contribution in [3.05, 3.63) is 22.4 Å². The van der Waals surface area contributed by atoms with Crippen molar-refractivity contribution in [2.75, 3.05) is 13.1 Å². The van der Waals surface area contributed by atoms with Crippen molar-refractivity contribution in [1.82, 2.24) is 10.2 Å². The fourth-order valence-electron chi connectivity index (χ4n) is 2.23. The van der Waals surface area contributed by atoms with Crippen molar-refractivity contribution in [2.45, 2.75) is 38.8 Å². The highest BCUT2D eigenvalue weighted by Gasteiger charge is 2.30. The second kappa shape index (κ2) is 5.65. The Morgan fingerprint density at radius 1 is 1.65 bits per heavy atom. The van der Waals surface area contributed by atoms with Gasteiger partial charge in [0.05, 0.1) is 12.6 Å². The molecule has 2 rings (SSSR count). The number of carbonyl (C=O) groups is 1. The number of rotatable bonds is 4. The van der Waals surface area contributed by atoms with Crippen molar-refractivity contribution in [1.29, 1.82) is 0 Å². The Morgan fingerprint density at radius 3 is 3.12 bits per heavy atom. The Morgan fingerprint density at radius 2 is 2.47 bits per heavy atom. The zero-order valence-electron chi connectivity index (χ0n) is 10.5. The van der Waals surface area contributed by atoms with Crippen molar-refractivity contribution in [3.63, 3.8) is 0 Å². The third-order valence-corrected chi connectivity index (χ3v) is 4.08. The molecule has 94 valence electrons. The van der Waals surface area contributed by atoms with Gasteiger partial charge in [-0.1, -0.05) is 19.9 Å². The van der Waals surface area contributed by atoms with Crippen molar-refractivity contribution < 1.29 is 4.79 Å². The van der Waals surface area contributed by atoms with Gasteiger partial charge in [0.15, 0.2) is 0 Å². The Balaban J connectivity index is 1.97. The number of hydrogen-bond acceptors (Lipinski definition) is 3. The Kier molecular flexibility index (Phi) is 4.18. The maximum absolute atomic E-state index is 12.1. The monoisotopic (exact) mass is 252 g/mol. The summed E-state index contributed by atoms with van der Waals surface area (Å²) in [7, 11) is 0.